The zero-order chi connectivity index (χ0) is 16.5. The average Bonchev–Trinajstić information content (AvgIpc) is 3.35. The van der Waals surface area contributed by atoms with Crippen molar-refractivity contribution < 1.29 is 4.79 Å². The fourth-order valence-electron chi connectivity index (χ4n) is 3.67. The number of para-hydroxylation sites is 2. The lowest BCUT2D eigenvalue weighted by Crippen LogP contribution is -2.44. The molecule has 2 aromatic rings. The summed E-state index contributed by atoms with van der Waals surface area (Å²) in [7, 11) is 0. The summed E-state index contributed by atoms with van der Waals surface area (Å²) in [4.78, 5) is 19.6. The van der Waals surface area contributed by atoms with E-state index in [1.807, 2.05) is 6.07 Å². The van der Waals surface area contributed by atoms with Gasteiger partial charge < -0.3 is 14.8 Å². The van der Waals surface area contributed by atoms with Gasteiger partial charge in [-0.3, -0.25) is 4.79 Å². The predicted octanol–water partition coefficient (Wildman–Crippen LogP) is 2.94. The highest BCUT2D eigenvalue weighted by molar-refractivity contribution is 5.81. The number of carbonyl (C=O) groups is 1. The third-order valence-electron chi connectivity index (χ3n) is 5.08. The fraction of sp³-hybridized carbons (Fsp3) is 0.579. The molecule has 1 aliphatic carbocycles. The molecule has 1 saturated heterocycles. The number of hydrogen-bond donors (Lipinski definition) is 1. The number of amides is 1. The normalized spacial score (nSPS) is 21.2. The minimum absolute atomic E-state index is 0.0919. The van der Waals surface area contributed by atoms with Crippen LogP contribution in [0.25, 0.3) is 11.0 Å². The van der Waals surface area contributed by atoms with Crippen molar-refractivity contribution in [3.8, 4) is 0 Å². The first-order valence-corrected chi connectivity index (χ1v) is 9.27. The molecule has 2 heterocycles. The topological polar surface area (TPSA) is 50.2 Å². The highest BCUT2D eigenvalue weighted by Gasteiger charge is 2.31. The van der Waals surface area contributed by atoms with Crippen molar-refractivity contribution in [2.24, 2.45) is 5.92 Å². The molecule has 5 nitrogen and oxygen atoms in total. The van der Waals surface area contributed by atoms with E-state index in [2.05, 4.69) is 39.9 Å². The Bertz CT molecular complexity index is 734. The third-order valence-corrected chi connectivity index (χ3v) is 5.08. The molecule has 0 spiro atoms. The van der Waals surface area contributed by atoms with Crippen LogP contribution in [0.3, 0.4) is 0 Å². The molecule has 1 aromatic heterocycles. The Morgan fingerprint density at radius 1 is 1.29 bits per heavy atom. The van der Waals surface area contributed by atoms with Gasteiger partial charge in [0.05, 0.1) is 17.0 Å². The number of aromatic nitrogens is 2. The Morgan fingerprint density at radius 3 is 2.92 bits per heavy atom. The lowest BCUT2D eigenvalue weighted by Gasteiger charge is -2.33. The summed E-state index contributed by atoms with van der Waals surface area (Å²) in [5.74, 6) is 1.36. The lowest BCUT2D eigenvalue weighted by molar-refractivity contribution is -0.125. The summed E-state index contributed by atoms with van der Waals surface area (Å²) in [6.45, 7) is 4.93. The van der Waals surface area contributed by atoms with Crippen LogP contribution >= 0.6 is 0 Å². The maximum atomic E-state index is 12.4. The molecular formula is C19H26N4O. The van der Waals surface area contributed by atoms with Crippen LogP contribution in [-0.4, -0.2) is 34.6 Å². The summed E-state index contributed by atoms with van der Waals surface area (Å²) in [6.07, 6.45) is 5.41. The van der Waals surface area contributed by atoms with Crippen LogP contribution in [0.15, 0.2) is 24.3 Å². The number of fused-ring (bicyclic) bond motifs is 1. The van der Waals surface area contributed by atoms with Gasteiger partial charge in [0.2, 0.25) is 11.9 Å². The summed E-state index contributed by atoms with van der Waals surface area (Å²) >= 11 is 0. The van der Waals surface area contributed by atoms with Gasteiger partial charge in [0.15, 0.2) is 0 Å². The van der Waals surface area contributed by atoms with Crippen LogP contribution in [0.5, 0.6) is 0 Å². The monoisotopic (exact) mass is 326 g/mol. The van der Waals surface area contributed by atoms with Crippen LogP contribution < -0.4 is 10.2 Å². The molecule has 1 amide bonds. The van der Waals surface area contributed by atoms with Gasteiger partial charge in [-0.1, -0.05) is 19.1 Å². The molecule has 4 rings (SSSR count). The molecule has 24 heavy (non-hydrogen) atoms. The van der Waals surface area contributed by atoms with Crippen LogP contribution in [0.4, 0.5) is 5.95 Å². The van der Waals surface area contributed by atoms with Gasteiger partial charge in [0.25, 0.3) is 0 Å². The van der Waals surface area contributed by atoms with E-state index in [9.17, 15) is 4.79 Å². The number of hydrogen-bond acceptors (Lipinski definition) is 3. The van der Waals surface area contributed by atoms with Gasteiger partial charge in [-0.2, -0.15) is 0 Å². The highest BCUT2D eigenvalue weighted by Crippen LogP contribution is 2.28. The highest BCUT2D eigenvalue weighted by atomic mass is 16.2. The number of piperidine rings is 1. The van der Waals surface area contributed by atoms with Crippen molar-refractivity contribution in [3.63, 3.8) is 0 Å². The molecule has 1 aliphatic heterocycles. The van der Waals surface area contributed by atoms with Gasteiger partial charge in [0.1, 0.15) is 0 Å². The Labute approximate surface area is 143 Å². The van der Waals surface area contributed by atoms with Crippen molar-refractivity contribution in [3.05, 3.63) is 24.3 Å². The second-order valence-corrected chi connectivity index (χ2v) is 7.12. The van der Waals surface area contributed by atoms with E-state index in [1.54, 1.807) is 0 Å². The second-order valence-electron chi connectivity index (χ2n) is 7.12. The molecule has 0 unspecified atom stereocenters. The van der Waals surface area contributed by atoms with E-state index in [1.165, 1.54) is 5.52 Å². The minimum Gasteiger partial charge on any atom is -0.353 e. The van der Waals surface area contributed by atoms with Crippen LogP contribution in [-0.2, 0) is 11.3 Å². The van der Waals surface area contributed by atoms with E-state index < -0.39 is 0 Å². The largest absolute Gasteiger partial charge is 0.353 e. The number of nitrogens with one attached hydrogen (secondary N) is 1. The lowest BCUT2D eigenvalue weighted by atomic mass is 9.97. The number of imidazole rings is 1. The number of rotatable bonds is 5. The average molecular weight is 326 g/mol. The Kier molecular flexibility index (Phi) is 4.17. The fourth-order valence-corrected chi connectivity index (χ4v) is 3.67. The first-order valence-electron chi connectivity index (χ1n) is 9.27. The van der Waals surface area contributed by atoms with Crippen molar-refractivity contribution in [2.45, 2.75) is 51.6 Å². The SMILES string of the molecule is CCCn1c(N2CCC[C@@H](C(=O)NC3CC3)C2)nc2ccccc21. The smallest absolute Gasteiger partial charge is 0.225 e. The molecule has 0 radical (unpaired) electrons. The van der Waals surface area contributed by atoms with Gasteiger partial charge in [-0.05, 0) is 44.2 Å². The quantitative estimate of drug-likeness (QED) is 0.919. The molecule has 1 N–H and O–H groups in total. The Balaban J connectivity index is 1.58. The zero-order valence-electron chi connectivity index (χ0n) is 14.4. The van der Waals surface area contributed by atoms with Crippen molar-refractivity contribution in [1.82, 2.24) is 14.9 Å². The molecule has 1 saturated carbocycles. The molecular weight excluding hydrogens is 300 g/mol. The number of nitrogens with zero attached hydrogens (tertiary/aromatic N) is 3. The first kappa shape index (κ1) is 15.5. The van der Waals surface area contributed by atoms with E-state index in [-0.39, 0.29) is 11.8 Å². The van der Waals surface area contributed by atoms with Gasteiger partial charge in [0, 0.05) is 25.7 Å². The van der Waals surface area contributed by atoms with E-state index in [0.29, 0.717) is 6.04 Å². The van der Waals surface area contributed by atoms with Crippen LogP contribution in [0.1, 0.15) is 39.0 Å². The van der Waals surface area contributed by atoms with Gasteiger partial charge >= 0.3 is 0 Å². The number of benzene rings is 1. The van der Waals surface area contributed by atoms with E-state index in [4.69, 9.17) is 4.98 Å². The van der Waals surface area contributed by atoms with Gasteiger partial charge in [-0.15, -0.1) is 0 Å². The summed E-state index contributed by atoms with van der Waals surface area (Å²) in [6, 6.07) is 8.77. The zero-order valence-corrected chi connectivity index (χ0v) is 14.4. The number of anilines is 1. The standard InChI is InChI=1S/C19H26N4O/c1-2-11-23-17-8-4-3-7-16(17)21-19(23)22-12-5-6-14(13-22)18(24)20-15-9-10-15/h3-4,7-8,14-15H,2,5-6,9-13H2,1H3,(H,20,24)/t14-/m1/s1. The Hall–Kier alpha value is -2.04. The molecule has 5 heteroatoms. The Morgan fingerprint density at radius 2 is 2.12 bits per heavy atom. The predicted molar refractivity (Wildman–Crippen MR) is 96.1 cm³/mol. The number of carbonyl (C=O) groups excluding carboxylic acids is 1. The van der Waals surface area contributed by atoms with E-state index in [0.717, 1.165) is 63.2 Å². The number of aryl methyl sites for hydroxylation is 1. The molecule has 1 aromatic carbocycles. The molecule has 1 atom stereocenters. The van der Waals surface area contributed by atoms with Crippen molar-refractivity contribution in [1.29, 1.82) is 0 Å². The van der Waals surface area contributed by atoms with E-state index >= 15 is 0 Å². The molecule has 2 fully saturated rings. The second kappa shape index (κ2) is 6.46. The maximum absolute atomic E-state index is 12.4. The first-order chi connectivity index (χ1) is 11.8. The molecule has 2 aliphatic rings. The summed E-state index contributed by atoms with van der Waals surface area (Å²) in [5, 5.41) is 3.17. The maximum Gasteiger partial charge on any atom is 0.225 e. The van der Waals surface area contributed by atoms with Crippen molar-refractivity contribution >= 4 is 22.9 Å². The third kappa shape index (κ3) is 2.99. The molecule has 0 bridgehead atoms. The van der Waals surface area contributed by atoms with Crippen LogP contribution in [0, 0.1) is 5.92 Å². The molecule has 128 valence electrons. The summed E-state index contributed by atoms with van der Waals surface area (Å²) in [5.41, 5.74) is 2.24. The van der Waals surface area contributed by atoms with Gasteiger partial charge in [-0.25, -0.2) is 4.98 Å². The van der Waals surface area contributed by atoms with Crippen LogP contribution in [0.2, 0.25) is 0 Å². The van der Waals surface area contributed by atoms with Crippen molar-refractivity contribution in [2.75, 3.05) is 18.0 Å². The minimum atomic E-state index is 0.0919. The summed E-state index contributed by atoms with van der Waals surface area (Å²) < 4.78 is 2.32.